The minimum absolute atomic E-state index is 0.128. The third kappa shape index (κ3) is 4.45. The normalized spacial score (nSPS) is 23.8. The molecule has 1 aliphatic carbocycles. The molecule has 3 rings (SSSR count). The predicted molar refractivity (Wildman–Crippen MR) is 123 cm³/mol. The lowest BCUT2D eigenvalue weighted by molar-refractivity contribution is 0.0792. The van der Waals surface area contributed by atoms with Crippen molar-refractivity contribution in [2.45, 2.75) is 84.5 Å². The number of nitrogens with zero attached hydrogens (tertiary/aromatic N) is 1. The number of anilines is 1. The lowest BCUT2D eigenvalue weighted by Crippen LogP contribution is -2.30. The average molecular weight is 396 g/mol. The first-order chi connectivity index (χ1) is 13.9. The molecule has 3 heteroatoms. The summed E-state index contributed by atoms with van der Waals surface area (Å²) in [6.07, 6.45) is 8.56. The van der Waals surface area contributed by atoms with Crippen LogP contribution in [0.25, 0.3) is 0 Å². The zero-order valence-electron chi connectivity index (χ0n) is 18.8. The van der Waals surface area contributed by atoms with Crippen molar-refractivity contribution >= 4 is 5.69 Å². The summed E-state index contributed by atoms with van der Waals surface area (Å²) < 4.78 is 6.52. The molecule has 1 aromatic rings. The van der Waals surface area contributed by atoms with Crippen molar-refractivity contribution in [2.75, 3.05) is 11.4 Å². The third-order valence-corrected chi connectivity index (χ3v) is 6.74. The van der Waals surface area contributed by atoms with Crippen LogP contribution in [0.3, 0.4) is 0 Å². The number of ether oxygens (including phenoxy) is 1. The Morgan fingerprint density at radius 1 is 1.31 bits per heavy atom. The molecule has 1 heterocycles. The fraction of sp³-hybridized carbons (Fsp3) is 0.538. The van der Waals surface area contributed by atoms with Gasteiger partial charge in [0.2, 0.25) is 0 Å². The van der Waals surface area contributed by atoms with Gasteiger partial charge in [0.15, 0.2) is 0 Å². The zero-order chi connectivity index (χ0) is 21.2. The van der Waals surface area contributed by atoms with Gasteiger partial charge < -0.3 is 14.7 Å². The summed E-state index contributed by atoms with van der Waals surface area (Å²) in [6, 6.07) is 7.01. The maximum absolute atomic E-state index is 10.1. The summed E-state index contributed by atoms with van der Waals surface area (Å²) in [4.78, 5) is 2.42. The van der Waals surface area contributed by atoms with Gasteiger partial charge in [-0.3, -0.25) is 0 Å². The molecule has 1 aromatic carbocycles. The van der Waals surface area contributed by atoms with E-state index in [4.69, 9.17) is 4.74 Å². The predicted octanol–water partition coefficient (Wildman–Crippen LogP) is 5.98. The third-order valence-electron chi connectivity index (χ3n) is 6.74. The van der Waals surface area contributed by atoms with Gasteiger partial charge in [-0.05, 0) is 74.3 Å². The molecule has 1 N–H and O–H groups in total. The van der Waals surface area contributed by atoms with Gasteiger partial charge in [0, 0.05) is 18.3 Å². The molecule has 2 unspecified atom stereocenters. The molecule has 29 heavy (non-hydrogen) atoms. The van der Waals surface area contributed by atoms with Crippen molar-refractivity contribution in [2.24, 2.45) is 0 Å². The molecule has 1 aliphatic heterocycles. The van der Waals surface area contributed by atoms with E-state index < -0.39 is 0 Å². The highest BCUT2D eigenvalue weighted by molar-refractivity contribution is 5.64. The number of aliphatic hydroxyl groups is 1. The Labute approximate surface area is 176 Å². The second-order valence-corrected chi connectivity index (χ2v) is 8.59. The largest absolute Gasteiger partial charge is 0.487 e. The Morgan fingerprint density at radius 3 is 2.59 bits per heavy atom. The molecule has 3 nitrogen and oxygen atoms in total. The fourth-order valence-electron chi connectivity index (χ4n) is 4.20. The van der Waals surface area contributed by atoms with Crippen molar-refractivity contribution in [3.63, 3.8) is 0 Å². The maximum Gasteiger partial charge on any atom is 0.125 e. The van der Waals surface area contributed by atoms with E-state index in [2.05, 4.69) is 76.4 Å². The lowest BCUT2D eigenvalue weighted by Gasteiger charge is -2.30. The summed E-state index contributed by atoms with van der Waals surface area (Å²) in [5.74, 6) is 1.02. The average Bonchev–Trinajstić information content (AvgIpc) is 3.46. The molecule has 0 bridgehead atoms. The van der Waals surface area contributed by atoms with E-state index in [1.807, 2.05) is 0 Å². The van der Waals surface area contributed by atoms with Crippen LogP contribution in [-0.4, -0.2) is 29.4 Å². The second-order valence-electron chi connectivity index (χ2n) is 8.59. The number of aliphatic hydroxyl groups excluding tert-OH is 1. The van der Waals surface area contributed by atoms with Crippen molar-refractivity contribution in [1.29, 1.82) is 0 Å². The monoisotopic (exact) mass is 395 g/mol. The fourth-order valence-corrected chi connectivity index (χ4v) is 4.20. The van der Waals surface area contributed by atoms with Crippen LogP contribution in [0.15, 0.2) is 53.6 Å². The molecule has 0 amide bonds. The van der Waals surface area contributed by atoms with Crippen LogP contribution >= 0.6 is 0 Å². The molecule has 2 fully saturated rings. The topological polar surface area (TPSA) is 32.5 Å². The first kappa shape index (κ1) is 21.7. The molecule has 1 saturated carbocycles. The zero-order valence-corrected chi connectivity index (χ0v) is 18.8. The van der Waals surface area contributed by atoms with Gasteiger partial charge in [-0.2, -0.15) is 0 Å². The highest BCUT2D eigenvalue weighted by Gasteiger charge is 2.39. The molecular weight excluding hydrogens is 358 g/mol. The van der Waals surface area contributed by atoms with E-state index in [-0.39, 0.29) is 11.7 Å². The summed E-state index contributed by atoms with van der Waals surface area (Å²) >= 11 is 0. The quantitative estimate of drug-likeness (QED) is 0.550. The first-order valence-electron chi connectivity index (χ1n) is 11.2. The molecule has 0 radical (unpaired) electrons. The van der Waals surface area contributed by atoms with Crippen LogP contribution in [0.5, 0.6) is 5.75 Å². The number of allylic oxidation sites excluding steroid dienone is 1. The van der Waals surface area contributed by atoms with E-state index in [0.29, 0.717) is 6.04 Å². The SMILES string of the molecule is C=C1/C(=C(\C=C/C)C2CN2c2ccc(CC)c(OC(C)(CC)CC)c2)CCC1O. The number of hydrogen-bond acceptors (Lipinski definition) is 3. The van der Waals surface area contributed by atoms with Crippen LogP contribution in [0.1, 0.15) is 65.9 Å². The minimum atomic E-state index is -0.387. The lowest BCUT2D eigenvalue weighted by atomic mass is 9.99. The van der Waals surface area contributed by atoms with Gasteiger partial charge in [0.1, 0.15) is 11.4 Å². The molecule has 0 aromatic heterocycles. The van der Waals surface area contributed by atoms with Gasteiger partial charge in [0.25, 0.3) is 0 Å². The summed E-state index contributed by atoms with van der Waals surface area (Å²) in [5.41, 5.74) is 5.80. The Hall–Kier alpha value is -2.00. The summed E-state index contributed by atoms with van der Waals surface area (Å²) in [5, 5.41) is 10.1. The van der Waals surface area contributed by atoms with Crippen molar-refractivity contribution < 1.29 is 9.84 Å². The van der Waals surface area contributed by atoms with Gasteiger partial charge in [-0.1, -0.05) is 45.6 Å². The molecule has 1 saturated heterocycles. The molecule has 2 aliphatic rings. The van der Waals surface area contributed by atoms with Gasteiger partial charge in [-0.15, -0.1) is 0 Å². The van der Waals surface area contributed by atoms with Crippen molar-refractivity contribution in [1.82, 2.24) is 0 Å². The van der Waals surface area contributed by atoms with E-state index in [0.717, 1.165) is 50.0 Å². The second kappa shape index (κ2) is 8.79. The minimum Gasteiger partial charge on any atom is -0.487 e. The van der Waals surface area contributed by atoms with E-state index in [9.17, 15) is 5.11 Å². The van der Waals surface area contributed by atoms with E-state index >= 15 is 0 Å². The number of hydrogen-bond donors (Lipinski definition) is 1. The Balaban J connectivity index is 1.88. The van der Waals surface area contributed by atoms with Gasteiger partial charge in [-0.25, -0.2) is 0 Å². The van der Waals surface area contributed by atoms with Crippen molar-refractivity contribution in [3.05, 3.63) is 59.2 Å². The van der Waals surface area contributed by atoms with Crippen LogP contribution in [0.4, 0.5) is 5.69 Å². The summed E-state index contributed by atoms with van der Waals surface area (Å²) in [6.45, 7) is 16.0. The standard InChI is InChI=1S/C26H37NO2/c1-7-11-22(21-14-15-24(28)18(21)5)23-17-27(23)20-13-12-19(8-2)25(16-20)29-26(6,9-3)10-4/h7,11-13,16,23-24,28H,5,8-10,14-15,17H2,1-4,6H3/b11-7-,22-21+. The number of aryl methyl sites for hydroxylation is 1. The summed E-state index contributed by atoms with van der Waals surface area (Å²) in [7, 11) is 0. The van der Waals surface area contributed by atoms with Gasteiger partial charge in [0.05, 0.1) is 12.1 Å². The number of rotatable bonds is 8. The molecule has 2 atom stereocenters. The Kier molecular flexibility index (Phi) is 6.58. The first-order valence-corrected chi connectivity index (χ1v) is 11.2. The highest BCUT2D eigenvalue weighted by Crippen LogP contribution is 2.42. The van der Waals surface area contributed by atoms with Crippen LogP contribution in [0.2, 0.25) is 0 Å². The van der Waals surface area contributed by atoms with E-state index in [1.54, 1.807) is 0 Å². The molecule has 158 valence electrons. The van der Waals surface area contributed by atoms with Gasteiger partial charge >= 0.3 is 0 Å². The Morgan fingerprint density at radius 2 is 2.03 bits per heavy atom. The maximum atomic E-state index is 10.1. The molecular formula is C26H37NO2. The van der Waals surface area contributed by atoms with Crippen LogP contribution in [0, 0.1) is 0 Å². The highest BCUT2D eigenvalue weighted by atomic mass is 16.5. The smallest absolute Gasteiger partial charge is 0.125 e. The van der Waals surface area contributed by atoms with E-state index in [1.165, 1.54) is 22.4 Å². The Bertz CT molecular complexity index is 816. The molecule has 0 spiro atoms. The number of benzene rings is 1. The van der Waals surface area contributed by atoms with Crippen molar-refractivity contribution in [3.8, 4) is 5.75 Å². The van der Waals surface area contributed by atoms with Crippen LogP contribution in [-0.2, 0) is 6.42 Å². The van der Waals surface area contributed by atoms with Crippen LogP contribution < -0.4 is 9.64 Å².